The number of aromatic carboxylic acids is 1. The van der Waals surface area contributed by atoms with Crippen molar-refractivity contribution in [2.75, 3.05) is 13.2 Å². The van der Waals surface area contributed by atoms with Crippen molar-refractivity contribution in [1.82, 2.24) is 0 Å². The van der Waals surface area contributed by atoms with Crippen LogP contribution < -0.4 is 4.74 Å². The van der Waals surface area contributed by atoms with E-state index in [0.29, 0.717) is 10.0 Å². The van der Waals surface area contributed by atoms with Crippen LogP contribution in [-0.2, 0) is 4.74 Å². The van der Waals surface area contributed by atoms with Crippen molar-refractivity contribution in [2.24, 2.45) is 0 Å². The average Bonchev–Trinajstić information content (AvgIpc) is 2.34. The summed E-state index contributed by atoms with van der Waals surface area (Å²) in [6, 6.07) is 3.24. The first-order chi connectivity index (χ1) is 9.31. The molecule has 1 unspecified atom stereocenters. The predicted octanol–water partition coefficient (Wildman–Crippen LogP) is 2.62. The third-order valence-electron chi connectivity index (χ3n) is 2.51. The van der Waals surface area contributed by atoms with Crippen LogP contribution in [0.5, 0.6) is 5.75 Å². The predicted molar refractivity (Wildman–Crippen MR) is 78.4 cm³/mol. The lowest BCUT2D eigenvalue weighted by Gasteiger charge is -2.17. The number of carboxylic acid groups (broad SMARTS) is 1. The Hall–Kier alpha value is -1.11. The van der Waals surface area contributed by atoms with Crippen molar-refractivity contribution >= 4 is 21.9 Å². The van der Waals surface area contributed by atoms with Crippen LogP contribution in [0.4, 0.5) is 0 Å². The largest absolute Gasteiger partial charge is 0.490 e. The van der Waals surface area contributed by atoms with Crippen LogP contribution in [-0.4, -0.2) is 41.6 Å². The molecule has 20 heavy (non-hydrogen) atoms. The molecule has 1 aromatic carbocycles. The van der Waals surface area contributed by atoms with Crippen molar-refractivity contribution in [3.8, 4) is 5.75 Å². The Bertz CT molecular complexity index is 473. The van der Waals surface area contributed by atoms with Gasteiger partial charge in [-0.25, -0.2) is 4.79 Å². The highest BCUT2D eigenvalue weighted by Crippen LogP contribution is 2.28. The van der Waals surface area contributed by atoms with E-state index in [1.54, 1.807) is 13.0 Å². The summed E-state index contributed by atoms with van der Waals surface area (Å²) in [6.45, 7) is 5.62. The summed E-state index contributed by atoms with van der Waals surface area (Å²) in [5.41, 5.74) is 0.752. The second-order valence-electron chi connectivity index (χ2n) is 4.75. The smallest absolute Gasteiger partial charge is 0.339 e. The zero-order chi connectivity index (χ0) is 15.3. The molecular weight excluding hydrogens is 328 g/mol. The van der Waals surface area contributed by atoms with Gasteiger partial charge >= 0.3 is 5.97 Å². The second kappa shape index (κ2) is 7.61. The van der Waals surface area contributed by atoms with E-state index in [9.17, 15) is 9.90 Å². The van der Waals surface area contributed by atoms with Gasteiger partial charge in [0.2, 0.25) is 0 Å². The number of rotatable bonds is 7. The first-order valence-corrected chi connectivity index (χ1v) is 7.06. The van der Waals surface area contributed by atoms with Gasteiger partial charge in [0.05, 0.1) is 12.7 Å². The van der Waals surface area contributed by atoms with Gasteiger partial charge in [-0.3, -0.25) is 0 Å². The summed E-state index contributed by atoms with van der Waals surface area (Å²) >= 11 is 3.25. The molecule has 0 aliphatic carbocycles. The molecule has 0 bridgehead atoms. The number of ether oxygens (including phenoxy) is 2. The van der Waals surface area contributed by atoms with Gasteiger partial charge in [0.25, 0.3) is 0 Å². The van der Waals surface area contributed by atoms with E-state index in [4.69, 9.17) is 14.6 Å². The number of aryl methyl sites for hydroxylation is 1. The minimum Gasteiger partial charge on any atom is -0.490 e. The molecule has 0 saturated heterocycles. The molecule has 112 valence electrons. The lowest BCUT2D eigenvalue weighted by atomic mass is 10.1. The molecule has 0 amide bonds. The minimum absolute atomic E-state index is 0.0184. The number of halogens is 1. The summed E-state index contributed by atoms with van der Waals surface area (Å²) in [4.78, 5) is 11.2. The van der Waals surface area contributed by atoms with Gasteiger partial charge in [-0.2, -0.15) is 0 Å². The first-order valence-electron chi connectivity index (χ1n) is 6.27. The molecule has 0 aromatic heterocycles. The Kier molecular flexibility index (Phi) is 6.45. The second-order valence-corrected chi connectivity index (χ2v) is 5.67. The van der Waals surface area contributed by atoms with Crippen molar-refractivity contribution in [2.45, 2.75) is 33.0 Å². The number of carbonyl (C=O) groups is 1. The van der Waals surface area contributed by atoms with E-state index in [-0.39, 0.29) is 30.6 Å². The number of aliphatic hydroxyl groups excluding tert-OH is 1. The molecule has 1 atom stereocenters. The zero-order valence-corrected chi connectivity index (χ0v) is 13.3. The van der Waals surface area contributed by atoms with Crippen LogP contribution in [0.15, 0.2) is 16.6 Å². The van der Waals surface area contributed by atoms with Gasteiger partial charge in [0.1, 0.15) is 24.0 Å². The zero-order valence-electron chi connectivity index (χ0n) is 11.7. The standard InChI is InChI=1S/C14H19BrO5/c1-8(2)19-6-11(16)7-20-13-9(3)4-10(15)5-12(13)14(17)18/h4-5,8,11,16H,6-7H2,1-3H3,(H,17,18). The molecule has 0 aliphatic rings. The minimum atomic E-state index is -1.07. The Balaban J connectivity index is 2.74. The molecule has 5 nitrogen and oxygen atoms in total. The highest BCUT2D eigenvalue weighted by atomic mass is 79.9. The maximum absolute atomic E-state index is 11.2. The van der Waals surface area contributed by atoms with Crippen LogP contribution in [0.1, 0.15) is 29.8 Å². The monoisotopic (exact) mass is 346 g/mol. The van der Waals surface area contributed by atoms with Crippen LogP contribution >= 0.6 is 15.9 Å². The SMILES string of the molecule is Cc1cc(Br)cc(C(=O)O)c1OCC(O)COC(C)C. The number of aliphatic hydroxyl groups is 1. The summed E-state index contributed by atoms with van der Waals surface area (Å²) in [7, 11) is 0. The molecule has 2 N–H and O–H groups in total. The molecule has 0 aliphatic heterocycles. The Labute approximate surface area is 126 Å². The van der Waals surface area contributed by atoms with E-state index in [2.05, 4.69) is 15.9 Å². The fourth-order valence-corrected chi connectivity index (χ4v) is 2.18. The molecular formula is C14H19BrO5. The Morgan fingerprint density at radius 2 is 2.00 bits per heavy atom. The third kappa shape index (κ3) is 5.11. The summed E-state index contributed by atoms with van der Waals surface area (Å²) in [6.07, 6.45) is -0.782. The van der Waals surface area contributed by atoms with Crippen LogP contribution in [0, 0.1) is 6.92 Å². The van der Waals surface area contributed by atoms with Gasteiger partial charge in [0, 0.05) is 4.47 Å². The van der Waals surface area contributed by atoms with E-state index >= 15 is 0 Å². The Morgan fingerprint density at radius 3 is 2.55 bits per heavy atom. The maximum atomic E-state index is 11.2. The van der Waals surface area contributed by atoms with Crippen LogP contribution in [0.2, 0.25) is 0 Å². The quantitative estimate of drug-likeness (QED) is 0.793. The van der Waals surface area contributed by atoms with Gasteiger partial charge in [-0.05, 0) is 38.5 Å². The fraction of sp³-hybridized carbons (Fsp3) is 0.500. The molecule has 0 spiro atoms. The number of hydrogen-bond donors (Lipinski definition) is 2. The highest BCUT2D eigenvalue weighted by Gasteiger charge is 2.17. The van der Waals surface area contributed by atoms with Gasteiger partial charge in [0.15, 0.2) is 0 Å². The average molecular weight is 347 g/mol. The lowest BCUT2D eigenvalue weighted by molar-refractivity contribution is -0.0125. The normalized spacial score (nSPS) is 12.5. The fourth-order valence-electron chi connectivity index (χ4n) is 1.61. The van der Waals surface area contributed by atoms with Crippen molar-refractivity contribution < 1.29 is 24.5 Å². The molecule has 0 heterocycles. The maximum Gasteiger partial charge on any atom is 0.339 e. The molecule has 6 heteroatoms. The molecule has 0 saturated carbocycles. The summed E-state index contributed by atoms with van der Waals surface area (Å²) in [5, 5.41) is 18.9. The van der Waals surface area contributed by atoms with E-state index < -0.39 is 12.1 Å². The summed E-state index contributed by atoms with van der Waals surface area (Å²) < 4.78 is 11.4. The van der Waals surface area contributed by atoms with Crippen LogP contribution in [0.25, 0.3) is 0 Å². The topological polar surface area (TPSA) is 76.0 Å². The first kappa shape index (κ1) is 16.9. The van der Waals surface area contributed by atoms with Gasteiger partial charge < -0.3 is 19.7 Å². The molecule has 0 fully saturated rings. The van der Waals surface area contributed by atoms with Crippen molar-refractivity contribution in [1.29, 1.82) is 0 Å². The lowest BCUT2D eigenvalue weighted by Crippen LogP contribution is -2.25. The van der Waals surface area contributed by atoms with Gasteiger partial charge in [-0.1, -0.05) is 15.9 Å². The number of hydrogen-bond acceptors (Lipinski definition) is 4. The molecule has 1 rings (SSSR count). The van der Waals surface area contributed by atoms with E-state index in [0.717, 1.165) is 0 Å². The van der Waals surface area contributed by atoms with Crippen molar-refractivity contribution in [3.05, 3.63) is 27.7 Å². The highest BCUT2D eigenvalue weighted by molar-refractivity contribution is 9.10. The van der Waals surface area contributed by atoms with E-state index in [1.165, 1.54) is 6.07 Å². The van der Waals surface area contributed by atoms with Crippen molar-refractivity contribution in [3.63, 3.8) is 0 Å². The molecule has 1 aromatic rings. The number of carboxylic acids is 1. The van der Waals surface area contributed by atoms with Crippen LogP contribution in [0.3, 0.4) is 0 Å². The summed E-state index contributed by atoms with van der Waals surface area (Å²) in [5.74, 6) is -0.804. The van der Waals surface area contributed by atoms with E-state index in [1.807, 2.05) is 13.8 Å². The molecule has 0 radical (unpaired) electrons. The third-order valence-corrected chi connectivity index (χ3v) is 2.97. The Morgan fingerprint density at radius 1 is 1.35 bits per heavy atom. The van der Waals surface area contributed by atoms with Gasteiger partial charge in [-0.15, -0.1) is 0 Å². The number of benzene rings is 1.